The Bertz CT molecular complexity index is 943. The number of hydrogen-bond donors (Lipinski definition) is 1. The fourth-order valence-corrected chi connectivity index (χ4v) is 3.42. The average molecular weight is 427 g/mol. The molecule has 0 aromatic heterocycles. The number of benzene rings is 2. The van der Waals surface area contributed by atoms with E-state index in [2.05, 4.69) is 6.92 Å². The van der Waals surface area contributed by atoms with Gasteiger partial charge in [-0.1, -0.05) is 56.0 Å². The number of phenolic OH excluding ortho intramolecular Hbond substituents is 1. The van der Waals surface area contributed by atoms with Gasteiger partial charge in [-0.05, 0) is 38.3 Å². The molecule has 0 heterocycles. The Labute approximate surface area is 183 Å². The number of methoxy groups -OCH3 is 1. The molecule has 0 bridgehead atoms. The summed E-state index contributed by atoms with van der Waals surface area (Å²) in [7, 11) is 1.16. The number of unbranched alkanes of at least 4 members (excludes halogenated alkanes) is 3. The van der Waals surface area contributed by atoms with E-state index in [1.54, 1.807) is 31.2 Å². The van der Waals surface area contributed by atoms with Crippen LogP contribution in [0.1, 0.15) is 87.3 Å². The largest absolute Gasteiger partial charge is 0.507 e. The molecular weight excluding hydrogens is 396 g/mol. The molecule has 0 unspecified atom stereocenters. The van der Waals surface area contributed by atoms with Crippen LogP contribution in [0.2, 0.25) is 0 Å². The fraction of sp³-hybridized carbons (Fsp3) is 0.400. The molecule has 31 heavy (non-hydrogen) atoms. The van der Waals surface area contributed by atoms with Gasteiger partial charge >= 0.3 is 11.9 Å². The smallest absolute Gasteiger partial charge is 0.342 e. The Hall–Kier alpha value is -3.15. The number of phenols is 1. The van der Waals surface area contributed by atoms with Crippen molar-refractivity contribution >= 4 is 17.7 Å². The van der Waals surface area contributed by atoms with Crippen molar-refractivity contribution in [1.82, 2.24) is 0 Å². The molecule has 0 fully saturated rings. The lowest BCUT2D eigenvalue weighted by Crippen LogP contribution is -2.20. The van der Waals surface area contributed by atoms with Crippen molar-refractivity contribution in [3.8, 4) is 5.75 Å². The predicted molar refractivity (Wildman–Crippen MR) is 118 cm³/mol. The molecular formula is C25H30O6. The minimum absolute atomic E-state index is 0.0194. The first kappa shape index (κ1) is 24.1. The topological polar surface area (TPSA) is 89.9 Å². The summed E-state index contributed by atoms with van der Waals surface area (Å²) in [5, 5.41) is 10.8. The summed E-state index contributed by atoms with van der Waals surface area (Å²) in [5.41, 5.74) is 1.21. The summed E-state index contributed by atoms with van der Waals surface area (Å²) in [6.45, 7) is 5.68. The summed E-state index contributed by atoms with van der Waals surface area (Å²) in [6, 6.07) is 8.42. The fourth-order valence-electron chi connectivity index (χ4n) is 3.42. The van der Waals surface area contributed by atoms with Crippen LogP contribution in [0.5, 0.6) is 5.75 Å². The Morgan fingerprint density at radius 1 is 0.935 bits per heavy atom. The number of aromatic hydroxyl groups is 1. The van der Waals surface area contributed by atoms with E-state index in [0.29, 0.717) is 17.5 Å². The average Bonchev–Trinajstić information content (AvgIpc) is 2.76. The lowest BCUT2D eigenvalue weighted by atomic mass is 9.89. The van der Waals surface area contributed by atoms with Gasteiger partial charge in [-0.15, -0.1) is 0 Å². The number of ether oxygens (including phenoxy) is 2. The standard InChI is InChI=1S/C25H30O6/c1-5-7-8-9-10-18-15-19(22(26)17-13-11-16(3)12-14-17)20(25(29)31-6-2)21(23(18)27)24(28)30-4/h11-15,27H,5-10H2,1-4H3. The van der Waals surface area contributed by atoms with E-state index in [1.807, 2.05) is 6.92 Å². The SMILES string of the molecule is CCCCCCc1cc(C(=O)c2ccc(C)cc2)c(C(=O)OCC)c(C(=O)OC)c1O. The van der Waals surface area contributed by atoms with Crippen molar-refractivity contribution in [3.05, 3.63) is 63.7 Å². The highest BCUT2D eigenvalue weighted by Crippen LogP contribution is 2.33. The molecule has 0 aliphatic carbocycles. The normalized spacial score (nSPS) is 10.6. The lowest BCUT2D eigenvalue weighted by molar-refractivity contribution is 0.0499. The van der Waals surface area contributed by atoms with E-state index >= 15 is 0 Å². The molecule has 0 aliphatic heterocycles. The van der Waals surface area contributed by atoms with E-state index in [4.69, 9.17) is 9.47 Å². The third-order valence-corrected chi connectivity index (χ3v) is 5.11. The third kappa shape index (κ3) is 5.72. The molecule has 0 spiro atoms. The summed E-state index contributed by atoms with van der Waals surface area (Å²) in [4.78, 5) is 38.7. The second kappa shape index (κ2) is 11.3. The summed E-state index contributed by atoms with van der Waals surface area (Å²) in [5.74, 6) is -2.52. The van der Waals surface area contributed by atoms with Gasteiger partial charge in [-0.3, -0.25) is 4.79 Å². The van der Waals surface area contributed by atoms with Crippen molar-refractivity contribution in [2.24, 2.45) is 0 Å². The van der Waals surface area contributed by atoms with Crippen molar-refractivity contribution in [2.45, 2.75) is 52.9 Å². The first-order chi connectivity index (χ1) is 14.8. The van der Waals surface area contributed by atoms with Gasteiger partial charge in [-0.25, -0.2) is 9.59 Å². The molecule has 0 saturated carbocycles. The predicted octanol–water partition coefficient (Wildman–Crippen LogP) is 5.02. The van der Waals surface area contributed by atoms with Crippen LogP contribution in [0.3, 0.4) is 0 Å². The van der Waals surface area contributed by atoms with E-state index in [9.17, 15) is 19.5 Å². The maximum absolute atomic E-state index is 13.3. The quantitative estimate of drug-likeness (QED) is 0.326. The third-order valence-electron chi connectivity index (χ3n) is 5.11. The highest BCUT2D eigenvalue weighted by Gasteiger charge is 2.31. The highest BCUT2D eigenvalue weighted by atomic mass is 16.5. The van der Waals surface area contributed by atoms with Crippen LogP contribution in [0, 0.1) is 6.92 Å². The molecule has 166 valence electrons. The minimum Gasteiger partial charge on any atom is -0.507 e. The Morgan fingerprint density at radius 3 is 2.19 bits per heavy atom. The van der Waals surface area contributed by atoms with Crippen LogP contribution in [-0.4, -0.2) is 36.5 Å². The second-order valence-electron chi connectivity index (χ2n) is 7.40. The van der Waals surface area contributed by atoms with Crippen LogP contribution >= 0.6 is 0 Å². The van der Waals surface area contributed by atoms with E-state index < -0.39 is 17.7 Å². The number of ketones is 1. The number of hydrogen-bond acceptors (Lipinski definition) is 6. The first-order valence-electron chi connectivity index (χ1n) is 10.6. The molecule has 1 N–H and O–H groups in total. The molecule has 0 saturated heterocycles. The van der Waals surface area contributed by atoms with Crippen molar-refractivity contribution in [3.63, 3.8) is 0 Å². The van der Waals surface area contributed by atoms with Gasteiger partial charge in [0.25, 0.3) is 0 Å². The van der Waals surface area contributed by atoms with E-state index in [-0.39, 0.29) is 29.0 Å². The molecule has 0 atom stereocenters. The maximum Gasteiger partial charge on any atom is 0.342 e. The van der Waals surface area contributed by atoms with Crippen LogP contribution in [0.25, 0.3) is 0 Å². The van der Waals surface area contributed by atoms with E-state index in [1.165, 1.54) is 6.07 Å². The zero-order valence-corrected chi connectivity index (χ0v) is 18.6. The van der Waals surface area contributed by atoms with Gasteiger partial charge in [0, 0.05) is 11.1 Å². The van der Waals surface area contributed by atoms with Crippen LogP contribution in [0.15, 0.2) is 30.3 Å². The summed E-state index contributed by atoms with van der Waals surface area (Å²) >= 11 is 0. The van der Waals surface area contributed by atoms with Crippen LogP contribution in [-0.2, 0) is 15.9 Å². The lowest BCUT2D eigenvalue weighted by Gasteiger charge is -2.17. The van der Waals surface area contributed by atoms with Crippen molar-refractivity contribution < 1.29 is 29.0 Å². The second-order valence-corrected chi connectivity index (χ2v) is 7.40. The van der Waals surface area contributed by atoms with Crippen molar-refractivity contribution in [2.75, 3.05) is 13.7 Å². The number of esters is 2. The first-order valence-corrected chi connectivity index (χ1v) is 10.6. The van der Waals surface area contributed by atoms with Gasteiger partial charge in [0.05, 0.1) is 19.3 Å². The van der Waals surface area contributed by atoms with Crippen molar-refractivity contribution in [1.29, 1.82) is 0 Å². The van der Waals surface area contributed by atoms with Crippen LogP contribution in [0.4, 0.5) is 0 Å². The zero-order valence-electron chi connectivity index (χ0n) is 18.6. The Morgan fingerprint density at radius 2 is 1.61 bits per heavy atom. The molecule has 6 nitrogen and oxygen atoms in total. The molecule has 2 aromatic rings. The number of rotatable bonds is 10. The molecule has 2 aromatic carbocycles. The number of carbonyl (C=O) groups excluding carboxylic acids is 3. The molecule has 0 radical (unpaired) electrons. The van der Waals surface area contributed by atoms with Gasteiger partial charge in [0.2, 0.25) is 0 Å². The minimum atomic E-state index is -0.895. The van der Waals surface area contributed by atoms with Crippen LogP contribution < -0.4 is 0 Å². The Kier molecular flexibility index (Phi) is 8.79. The van der Waals surface area contributed by atoms with Gasteiger partial charge in [0.1, 0.15) is 11.3 Å². The number of aryl methyl sites for hydroxylation is 2. The maximum atomic E-state index is 13.3. The highest BCUT2D eigenvalue weighted by molar-refractivity contribution is 6.18. The summed E-state index contributed by atoms with van der Waals surface area (Å²) < 4.78 is 9.93. The van der Waals surface area contributed by atoms with Gasteiger partial charge in [0.15, 0.2) is 5.78 Å². The zero-order chi connectivity index (χ0) is 23.0. The van der Waals surface area contributed by atoms with Gasteiger partial charge < -0.3 is 14.6 Å². The van der Waals surface area contributed by atoms with Gasteiger partial charge in [-0.2, -0.15) is 0 Å². The molecule has 6 heteroatoms. The number of carbonyl (C=O) groups is 3. The van der Waals surface area contributed by atoms with E-state index in [0.717, 1.165) is 38.4 Å². The molecule has 0 aliphatic rings. The summed E-state index contributed by atoms with van der Waals surface area (Å²) in [6.07, 6.45) is 4.29. The molecule has 0 amide bonds. The molecule has 2 rings (SSSR count). The Balaban J connectivity index is 2.70. The monoisotopic (exact) mass is 426 g/mol.